The molecule has 3 heteroatoms. The van der Waals surface area contributed by atoms with E-state index in [-0.39, 0.29) is 5.41 Å². The normalized spacial score (nSPS) is 50.1. The second-order valence-corrected chi connectivity index (χ2v) is 10.2. The summed E-state index contributed by atoms with van der Waals surface area (Å²) in [6.07, 6.45) is 18.4. The summed E-state index contributed by atoms with van der Waals surface area (Å²) in [7, 11) is 1.97. The van der Waals surface area contributed by atoms with Crippen molar-refractivity contribution in [2.24, 2.45) is 34.0 Å². The van der Waals surface area contributed by atoms with E-state index < -0.39 is 0 Å². The molecule has 1 spiro atoms. The number of allylic oxidation sites excluding steroid dienone is 2. The van der Waals surface area contributed by atoms with Crippen molar-refractivity contribution in [2.75, 3.05) is 7.11 Å². The van der Waals surface area contributed by atoms with Gasteiger partial charge in [-0.25, -0.2) is 4.98 Å². The number of methoxy groups -OCH3 is 1. The average Bonchev–Trinajstić information content (AvgIpc) is 2.97. The van der Waals surface area contributed by atoms with Gasteiger partial charge in [-0.3, -0.25) is 0 Å². The first-order chi connectivity index (χ1) is 12.5. The second-order valence-electron chi connectivity index (χ2n) is 10.2. The van der Waals surface area contributed by atoms with Gasteiger partial charge in [0.15, 0.2) is 0 Å². The zero-order valence-electron chi connectivity index (χ0n) is 16.9. The SMILES string of the molecule is CC=C(n1ccnc1)C1(C)CCC2C(CC(OC)C34CC3CCC24C)C1. The van der Waals surface area contributed by atoms with Gasteiger partial charge in [-0.15, -0.1) is 0 Å². The summed E-state index contributed by atoms with van der Waals surface area (Å²) in [6.45, 7) is 7.31. The van der Waals surface area contributed by atoms with Gasteiger partial charge >= 0.3 is 0 Å². The molecule has 5 rings (SSSR count). The van der Waals surface area contributed by atoms with Crippen molar-refractivity contribution in [2.45, 2.75) is 71.8 Å². The minimum Gasteiger partial charge on any atom is -0.381 e. The molecular formula is C23H34N2O. The van der Waals surface area contributed by atoms with Crippen LogP contribution in [-0.4, -0.2) is 22.8 Å². The van der Waals surface area contributed by atoms with Crippen LogP contribution in [0.15, 0.2) is 24.8 Å². The number of imidazole rings is 1. The fourth-order valence-electron chi connectivity index (χ4n) is 8.26. The molecule has 0 amide bonds. The van der Waals surface area contributed by atoms with Crippen LogP contribution in [0.3, 0.4) is 0 Å². The van der Waals surface area contributed by atoms with E-state index in [1.54, 1.807) is 0 Å². The molecule has 0 aromatic carbocycles. The molecule has 0 radical (unpaired) electrons. The first-order valence-electron chi connectivity index (χ1n) is 10.7. The lowest BCUT2D eigenvalue weighted by Gasteiger charge is -2.58. The van der Waals surface area contributed by atoms with E-state index in [4.69, 9.17) is 4.74 Å². The maximum absolute atomic E-state index is 6.16. The van der Waals surface area contributed by atoms with Crippen molar-refractivity contribution in [1.82, 2.24) is 9.55 Å². The van der Waals surface area contributed by atoms with E-state index in [9.17, 15) is 0 Å². The molecule has 1 aromatic rings. The smallest absolute Gasteiger partial charge is 0.0989 e. The molecule has 0 N–H and O–H groups in total. The van der Waals surface area contributed by atoms with Crippen LogP contribution in [0, 0.1) is 34.0 Å². The van der Waals surface area contributed by atoms with Crippen molar-refractivity contribution in [3.63, 3.8) is 0 Å². The Morgan fingerprint density at radius 2 is 2.08 bits per heavy atom. The summed E-state index contributed by atoms with van der Waals surface area (Å²) in [5.74, 6) is 2.66. The molecule has 0 aliphatic heterocycles. The van der Waals surface area contributed by atoms with E-state index >= 15 is 0 Å². The Morgan fingerprint density at radius 3 is 2.73 bits per heavy atom. The highest BCUT2D eigenvalue weighted by Gasteiger charge is 2.76. The van der Waals surface area contributed by atoms with Gasteiger partial charge in [0.25, 0.3) is 0 Å². The Balaban J connectivity index is 1.46. The molecule has 1 heterocycles. The monoisotopic (exact) mass is 354 g/mol. The largest absolute Gasteiger partial charge is 0.381 e. The highest BCUT2D eigenvalue weighted by molar-refractivity contribution is 5.52. The highest BCUT2D eigenvalue weighted by atomic mass is 16.5. The first-order valence-corrected chi connectivity index (χ1v) is 10.7. The summed E-state index contributed by atoms with van der Waals surface area (Å²) < 4.78 is 8.40. The van der Waals surface area contributed by atoms with Crippen LogP contribution in [-0.2, 0) is 4.74 Å². The molecule has 4 aliphatic carbocycles. The molecule has 0 saturated heterocycles. The molecule has 142 valence electrons. The maximum atomic E-state index is 6.16. The van der Waals surface area contributed by atoms with Crippen LogP contribution < -0.4 is 0 Å². The predicted molar refractivity (Wildman–Crippen MR) is 104 cm³/mol. The van der Waals surface area contributed by atoms with E-state index in [2.05, 4.69) is 42.6 Å². The Labute approximate surface area is 158 Å². The average molecular weight is 355 g/mol. The van der Waals surface area contributed by atoms with Crippen LogP contribution in [0.25, 0.3) is 5.70 Å². The van der Waals surface area contributed by atoms with Crippen molar-refractivity contribution in [3.05, 3.63) is 24.8 Å². The number of rotatable bonds is 3. The lowest BCUT2D eigenvalue weighted by Crippen LogP contribution is -2.54. The molecule has 4 aliphatic rings. The van der Waals surface area contributed by atoms with Gasteiger partial charge in [0.1, 0.15) is 0 Å². The summed E-state index contributed by atoms with van der Waals surface area (Å²) in [6, 6.07) is 0. The van der Waals surface area contributed by atoms with Gasteiger partial charge in [0.05, 0.1) is 12.4 Å². The summed E-state index contributed by atoms with van der Waals surface area (Å²) in [4.78, 5) is 4.30. The molecular weight excluding hydrogens is 320 g/mol. The fraction of sp³-hybridized carbons (Fsp3) is 0.783. The number of aromatic nitrogens is 2. The first kappa shape index (κ1) is 17.0. The Morgan fingerprint density at radius 1 is 1.23 bits per heavy atom. The molecule has 7 unspecified atom stereocenters. The van der Waals surface area contributed by atoms with Crippen LogP contribution in [0.1, 0.15) is 65.7 Å². The van der Waals surface area contributed by atoms with Gasteiger partial charge in [0, 0.05) is 36.0 Å². The van der Waals surface area contributed by atoms with Gasteiger partial charge in [-0.05, 0) is 75.0 Å². The predicted octanol–water partition coefficient (Wildman–Crippen LogP) is 5.39. The fourth-order valence-corrected chi connectivity index (χ4v) is 8.26. The van der Waals surface area contributed by atoms with E-state index in [1.807, 2.05) is 19.6 Å². The van der Waals surface area contributed by atoms with E-state index in [1.165, 1.54) is 50.6 Å². The third kappa shape index (κ3) is 1.96. The van der Waals surface area contributed by atoms with Crippen molar-refractivity contribution in [3.8, 4) is 0 Å². The number of ether oxygens (including phenoxy) is 1. The minimum absolute atomic E-state index is 0.247. The van der Waals surface area contributed by atoms with Crippen LogP contribution in [0.5, 0.6) is 0 Å². The Kier molecular flexibility index (Phi) is 3.58. The number of hydrogen-bond donors (Lipinski definition) is 0. The van der Waals surface area contributed by atoms with Gasteiger partial charge < -0.3 is 9.30 Å². The topological polar surface area (TPSA) is 27.1 Å². The second kappa shape index (κ2) is 5.47. The van der Waals surface area contributed by atoms with Crippen molar-refractivity contribution in [1.29, 1.82) is 0 Å². The summed E-state index contributed by atoms with van der Waals surface area (Å²) in [5, 5.41) is 0. The molecule has 0 bridgehead atoms. The quantitative estimate of drug-likeness (QED) is 0.727. The number of fused-ring (bicyclic) bond motifs is 2. The molecule has 3 nitrogen and oxygen atoms in total. The van der Waals surface area contributed by atoms with E-state index in [0.717, 1.165) is 17.8 Å². The number of hydrogen-bond acceptors (Lipinski definition) is 2. The zero-order valence-corrected chi connectivity index (χ0v) is 16.9. The molecule has 4 fully saturated rings. The standard InChI is InChI=1S/C23H34N2O/c1-5-19(25-11-10-24-15-25)21(2)8-7-18-16(13-21)12-20(26-4)23-14-17(23)6-9-22(18,23)3/h5,10-11,15-18,20H,6-9,12-14H2,1-4H3. The Bertz CT molecular complexity index is 725. The maximum Gasteiger partial charge on any atom is 0.0989 e. The van der Waals surface area contributed by atoms with E-state index in [0.29, 0.717) is 16.9 Å². The van der Waals surface area contributed by atoms with Crippen LogP contribution in [0.4, 0.5) is 0 Å². The highest BCUT2D eigenvalue weighted by Crippen LogP contribution is 2.81. The zero-order chi connectivity index (χ0) is 18.2. The van der Waals surface area contributed by atoms with Crippen molar-refractivity contribution < 1.29 is 4.74 Å². The molecule has 26 heavy (non-hydrogen) atoms. The summed E-state index contributed by atoms with van der Waals surface area (Å²) >= 11 is 0. The van der Waals surface area contributed by atoms with Gasteiger partial charge in [-0.2, -0.15) is 0 Å². The minimum atomic E-state index is 0.247. The van der Waals surface area contributed by atoms with Gasteiger partial charge in [0.2, 0.25) is 0 Å². The molecule has 1 aromatic heterocycles. The molecule has 7 atom stereocenters. The third-order valence-corrected chi connectivity index (χ3v) is 9.39. The third-order valence-electron chi connectivity index (χ3n) is 9.39. The van der Waals surface area contributed by atoms with Crippen LogP contribution in [0.2, 0.25) is 0 Å². The lowest BCUT2D eigenvalue weighted by atomic mass is 9.48. The van der Waals surface area contributed by atoms with Gasteiger partial charge in [-0.1, -0.05) is 19.9 Å². The molecule has 4 saturated carbocycles. The summed E-state index contributed by atoms with van der Waals surface area (Å²) in [5.41, 5.74) is 2.73. The number of nitrogens with zero attached hydrogens (tertiary/aromatic N) is 2. The lowest BCUT2D eigenvalue weighted by molar-refractivity contribution is -0.134. The van der Waals surface area contributed by atoms with Crippen LogP contribution >= 0.6 is 0 Å². The Hall–Kier alpha value is -1.09. The van der Waals surface area contributed by atoms with Crippen molar-refractivity contribution >= 4 is 5.70 Å².